The number of nitrogens with one attached hydrogen (secondary N) is 2. The number of carbonyl (C=O) groups excluding carboxylic acids is 2. The van der Waals surface area contributed by atoms with Gasteiger partial charge in [-0.3, -0.25) is 14.4 Å². The lowest BCUT2D eigenvalue weighted by Gasteiger charge is -2.14. The van der Waals surface area contributed by atoms with Gasteiger partial charge >= 0.3 is 0 Å². The monoisotopic (exact) mass is 346 g/mol. The van der Waals surface area contributed by atoms with Gasteiger partial charge in [0.05, 0.1) is 5.25 Å². The summed E-state index contributed by atoms with van der Waals surface area (Å²) in [5.74, 6) is -0.147. The van der Waals surface area contributed by atoms with Crippen molar-refractivity contribution in [1.29, 1.82) is 0 Å². The van der Waals surface area contributed by atoms with Crippen LogP contribution in [0.1, 0.15) is 30.6 Å². The topological polar surface area (TPSA) is 118 Å². The molecule has 0 radical (unpaired) electrons. The lowest BCUT2D eigenvalue weighted by molar-refractivity contribution is -0.115. The highest BCUT2D eigenvalue weighted by Gasteiger charge is 2.19. The molecule has 0 unspecified atom stereocenters. The van der Waals surface area contributed by atoms with Gasteiger partial charge in [-0.25, -0.2) is 4.98 Å². The third-order valence-electron chi connectivity index (χ3n) is 3.22. The molecule has 0 saturated heterocycles. The van der Waals surface area contributed by atoms with E-state index in [1.807, 2.05) is 6.92 Å². The number of benzene rings is 1. The number of carbonyl (C=O) groups is 2. The number of nitrogens with zero attached hydrogens (tertiary/aromatic N) is 1. The average Bonchev–Trinajstić information content (AvgIpc) is 2.52. The third kappa shape index (κ3) is 4.69. The molecular formula is C16H18N4O3S. The Morgan fingerprint density at radius 1 is 1.33 bits per heavy atom. The van der Waals surface area contributed by atoms with Crippen molar-refractivity contribution in [2.24, 2.45) is 0 Å². The van der Waals surface area contributed by atoms with E-state index in [1.165, 1.54) is 13.0 Å². The van der Waals surface area contributed by atoms with Crippen LogP contribution in [0.25, 0.3) is 0 Å². The van der Waals surface area contributed by atoms with Crippen LogP contribution in [0.5, 0.6) is 0 Å². The van der Waals surface area contributed by atoms with Gasteiger partial charge in [0.1, 0.15) is 5.82 Å². The molecule has 0 bridgehead atoms. The number of H-pyrrole nitrogens is 1. The average molecular weight is 346 g/mol. The number of thioether (sulfide) groups is 1. The van der Waals surface area contributed by atoms with Crippen LogP contribution in [0.15, 0.2) is 40.3 Å². The molecule has 4 N–H and O–H groups in total. The molecule has 1 atom stereocenters. The summed E-state index contributed by atoms with van der Waals surface area (Å²) in [6.07, 6.45) is 0.542. The fourth-order valence-electron chi connectivity index (χ4n) is 1.98. The van der Waals surface area contributed by atoms with Crippen LogP contribution in [0, 0.1) is 0 Å². The molecule has 1 heterocycles. The van der Waals surface area contributed by atoms with Gasteiger partial charge in [0, 0.05) is 17.3 Å². The maximum atomic E-state index is 12.4. The van der Waals surface area contributed by atoms with Crippen LogP contribution >= 0.6 is 11.8 Å². The van der Waals surface area contributed by atoms with Crippen molar-refractivity contribution in [1.82, 2.24) is 9.97 Å². The highest BCUT2D eigenvalue weighted by Crippen LogP contribution is 2.23. The number of rotatable bonds is 6. The summed E-state index contributed by atoms with van der Waals surface area (Å²) in [6.45, 7) is 3.34. The van der Waals surface area contributed by atoms with Crippen LogP contribution in [0.2, 0.25) is 0 Å². The Kier molecular flexibility index (Phi) is 5.75. The predicted octanol–water partition coefficient (Wildman–Crippen LogP) is 2.06. The molecule has 126 valence electrons. The van der Waals surface area contributed by atoms with Crippen molar-refractivity contribution in [2.75, 3.05) is 11.1 Å². The molecule has 1 aromatic carbocycles. The first-order chi connectivity index (χ1) is 11.4. The number of nitrogen functional groups attached to an aromatic ring is 1. The van der Waals surface area contributed by atoms with Crippen LogP contribution in [-0.2, 0) is 4.79 Å². The first-order valence-corrected chi connectivity index (χ1v) is 8.22. The van der Waals surface area contributed by atoms with Gasteiger partial charge in [-0.1, -0.05) is 18.7 Å². The van der Waals surface area contributed by atoms with E-state index in [0.29, 0.717) is 22.8 Å². The second-order valence-electron chi connectivity index (χ2n) is 5.11. The molecular weight excluding hydrogens is 328 g/mol. The molecule has 0 saturated carbocycles. The Hall–Kier alpha value is -2.61. The Morgan fingerprint density at radius 3 is 2.54 bits per heavy atom. The lowest BCUT2D eigenvalue weighted by Crippen LogP contribution is -2.25. The molecule has 0 spiro atoms. The number of ketones is 1. The molecule has 1 aromatic heterocycles. The standard InChI is InChI=1S/C16H18N4O3S/c1-3-12(24-16-19-13(17)8-14(22)20-16)15(23)18-11-6-4-10(5-7-11)9(2)21/h4-8,12H,3H2,1-2H3,(H,18,23)(H3,17,19,20,22)/t12-/m1/s1. The van der Waals surface area contributed by atoms with Crippen molar-refractivity contribution < 1.29 is 9.59 Å². The third-order valence-corrected chi connectivity index (χ3v) is 4.46. The summed E-state index contributed by atoms with van der Waals surface area (Å²) in [5.41, 5.74) is 6.36. The van der Waals surface area contributed by atoms with Gasteiger partial charge in [0.2, 0.25) is 5.91 Å². The SMILES string of the molecule is CC[C@@H](Sc1nc(N)cc(=O)[nH]1)C(=O)Nc1ccc(C(C)=O)cc1. The highest BCUT2D eigenvalue weighted by atomic mass is 32.2. The van der Waals surface area contributed by atoms with E-state index in [2.05, 4.69) is 15.3 Å². The van der Waals surface area contributed by atoms with Crippen molar-refractivity contribution in [3.63, 3.8) is 0 Å². The summed E-state index contributed by atoms with van der Waals surface area (Å²) in [6, 6.07) is 7.84. The summed E-state index contributed by atoms with van der Waals surface area (Å²) in [7, 11) is 0. The van der Waals surface area contributed by atoms with Crippen LogP contribution < -0.4 is 16.6 Å². The number of aromatic nitrogens is 2. The molecule has 0 aliphatic rings. The van der Waals surface area contributed by atoms with Gasteiger partial charge in [-0.05, 0) is 37.6 Å². The lowest BCUT2D eigenvalue weighted by atomic mass is 10.1. The van der Waals surface area contributed by atoms with E-state index in [0.717, 1.165) is 11.8 Å². The fourth-order valence-corrected chi connectivity index (χ4v) is 2.90. The van der Waals surface area contributed by atoms with Gasteiger partial charge < -0.3 is 16.0 Å². The van der Waals surface area contributed by atoms with Crippen LogP contribution in [0.3, 0.4) is 0 Å². The number of Topliss-reactive ketones (excluding diaryl/α,β-unsaturated/α-hetero) is 1. The van der Waals surface area contributed by atoms with Gasteiger partial charge in [0.25, 0.3) is 5.56 Å². The number of amides is 1. The smallest absolute Gasteiger partial charge is 0.253 e. The molecule has 7 nitrogen and oxygen atoms in total. The van der Waals surface area contributed by atoms with Crippen LogP contribution in [0.4, 0.5) is 11.5 Å². The Labute approximate surface area is 143 Å². The minimum Gasteiger partial charge on any atom is -0.383 e. The zero-order valence-corrected chi connectivity index (χ0v) is 14.1. The molecule has 2 rings (SSSR count). The Morgan fingerprint density at radius 2 is 2.00 bits per heavy atom. The first kappa shape index (κ1) is 17.7. The van der Waals surface area contributed by atoms with Gasteiger partial charge in [0.15, 0.2) is 10.9 Å². The summed E-state index contributed by atoms with van der Waals surface area (Å²) < 4.78 is 0. The normalized spacial score (nSPS) is 11.8. The van der Waals surface area contributed by atoms with E-state index in [4.69, 9.17) is 5.73 Å². The highest BCUT2D eigenvalue weighted by molar-refractivity contribution is 8.00. The molecule has 2 aromatic rings. The summed E-state index contributed by atoms with van der Waals surface area (Å²) in [5, 5.41) is 2.64. The van der Waals surface area contributed by atoms with Crippen LogP contribution in [-0.4, -0.2) is 26.9 Å². The van der Waals surface area contributed by atoms with Crippen molar-refractivity contribution in [3.8, 4) is 0 Å². The van der Waals surface area contributed by atoms with E-state index in [1.54, 1.807) is 24.3 Å². The van der Waals surface area contributed by atoms with E-state index < -0.39 is 5.25 Å². The molecule has 0 fully saturated rings. The number of nitrogens with two attached hydrogens (primary N) is 1. The first-order valence-electron chi connectivity index (χ1n) is 7.34. The van der Waals surface area contributed by atoms with E-state index >= 15 is 0 Å². The van der Waals surface area contributed by atoms with Crippen molar-refractivity contribution >= 4 is 35.0 Å². The number of hydrogen-bond donors (Lipinski definition) is 3. The van der Waals surface area contributed by atoms with E-state index in [-0.39, 0.29) is 23.1 Å². The Bertz CT molecular complexity index is 802. The van der Waals surface area contributed by atoms with E-state index in [9.17, 15) is 14.4 Å². The Balaban J connectivity index is 2.08. The fraction of sp³-hybridized carbons (Fsp3) is 0.250. The molecule has 0 aliphatic carbocycles. The second-order valence-corrected chi connectivity index (χ2v) is 6.30. The maximum Gasteiger partial charge on any atom is 0.253 e. The van der Waals surface area contributed by atoms with Crippen molar-refractivity contribution in [2.45, 2.75) is 30.7 Å². The zero-order valence-electron chi connectivity index (χ0n) is 13.3. The molecule has 24 heavy (non-hydrogen) atoms. The second kappa shape index (κ2) is 7.78. The summed E-state index contributed by atoms with van der Waals surface area (Å²) >= 11 is 1.14. The van der Waals surface area contributed by atoms with Gasteiger partial charge in [-0.15, -0.1) is 0 Å². The number of anilines is 2. The molecule has 8 heteroatoms. The number of aromatic amines is 1. The minimum absolute atomic E-state index is 0.0356. The number of hydrogen-bond acceptors (Lipinski definition) is 6. The summed E-state index contributed by atoms with van der Waals surface area (Å²) in [4.78, 5) is 41.6. The minimum atomic E-state index is -0.442. The van der Waals surface area contributed by atoms with Gasteiger partial charge in [-0.2, -0.15) is 0 Å². The quantitative estimate of drug-likeness (QED) is 0.419. The molecule has 0 aliphatic heterocycles. The predicted molar refractivity (Wildman–Crippen MR) is 94.3 cm³/mol. The largest absolute Gasteiger partial charge is 0.383 e. The maximum absolute atomic E-state index is 12.4. The molecule has 1 amide bonds. The van der Waals surface area contributed by atoms with Crippen molar-refractivity contribution in [3.05, 3.63) is 46.2 Å². The zero-order chi connectivity index (χ0) is 17.7.